The summed E-state index contributed by atoms with van der Waals surface area (Å²) in [5.74, 6) is 0. The minimum absolute atomic E-state index is 0. The lowest BCUT2D eigenvalue weighted by atomic mass is 9.96. The normalized spacial score (nSPS) is 21.8. The van der Waals surface area contributed by atoms with Crippen molar-refractivity contribution >= 4 is 12.4 Å². The van der Waals surface area contributed by atoms with Crippen molar-refractivity contribution in [2.75, 3.05) is 6.54 Å². The smallest absolute Gasteiger partial charge is 0.0638 e. The highest BCUT2D eigenvalue weighted by Crippen LogP contribution is 2.22. The minimum atomic E-state index is 0. The van der Waals surface area contributed by atoms with Crippen LogP contribution < -0.4 is 5.73 Å². The fourth-order valence-electron chi connectivity index (χ4n) is 2.97. The van der Waals surface area contributed by atoms with E-state index in [0.29, 0.717) is 12.1 Å². The van der Waals surface area contributed by atoms with Gasteiger partial charge in [0.05, 0.1) is 5.69 Å². The third-order valence-corrected chi connectivity index (χ3v) is 4.19. The number of likely N-dealkylation sites (tertiary alicyclic amines) is 1. The Kier molecular flexibility index (Phi) is 6.49. The second-order valence-corrected chi connectivity index (χ2v) is 6.21. The molecule has 1 aliphatic rings. The van der Waals surface area contributed by atoms with Crippen LogP contribution in [0.25, 0.3) is 0 Å². The van der Waals surface area contributed by atoms with Crippen molar-refractivity contribution in [1.82, 2.24) is 14.7 Å². The maximum Gasteiger partial charge on any atom is 0.0638 e. The van der Waals surface area contributed by atoms with Crippen molar-refractivity contribution in [3.63, 3.8) is 0 Å². The number of nitrogens with zero attached hydrogens (tertiary/aromatic N) is 3. The first-order valence-corrected chi connectivity index (χ1v) is 7.53. The monoisotopic (exact) mass is 300 g/mol. The Morgan fingerprint density at radius 1 is 1.35 bits per heavy atom. The lowest BCUT2D eigenvalue weighted by Gasteiger charge is -2.37. The van der Waals surface area contributed by atoms with E-state index in [2.05, 4.69) is 48.6 Å². The summed E-state index contributed by atoms with van der Waals surface area (Å²) in [6, 6.07) is 1.20. The standard InChI is InChI=1S/C15H28N4.ClH/c1-11(2)19-10-14(13(4)17-19)9-18-8-6-5-7-15(18)12(3)16;/h10-12,15H,5-9,16H2,1-4H3;1H. The molecule has 1 aromatic heterocycles. The van der Waals surface area contributed by atoms with Crippen LogP contribution in [0.15, 0.2) is 6.20 Å². The fourth-order valence-corrected chi connectivity index (χ4v) is 2.97. The van der Waals surface area contributed by atoms with E-state index >= 15 is 0 Å². The van der Waals surface area contributed by atoms with Gasteiger partial charge in [0.15, 0.2) is 0 Å². The largest absolute Gasteiger partial charge is 0.327 e. The van der Waals surface area contributed by atoms with Gasteiger partial charge in [-0.1, -0.05) is 6.42 Å². The number of halogens is 1. The van der Waals surface area contributed by atoms with Crippen LogP contribution in [0.2, 0.25) is 0 Å². The topological polar surface area (TPSA) is 47.1 Å². The molecule has 2 unspecified atom stereocenters. The molecule has 1 aliphatic heterocycles. The van der Waals surface area contributed by atoms with Crippen LogP contribution in [0.3, 0.4) is 0 Å². The van der Waals surface area contributed by atoms with Gasteiger partial charge in [-0.05, 0) is 47.1 Å². The molecule has 2 atom stereocenters. The quantitative estimate of drug-likeness (QED) is 0.930. The van der Waals surface area contributed by atoms with E-state index in [4.69, 9.17) is 5.73 Å². The van der Waals surface area contributed by atoms with Gasteiger partial charge in [0.25, 0.3) is 0 Å². The summed E-state index contributed by atoms with van der Waals surface area (Å²) in [5.41, 5.74) is 8.64. The van der Waals surface area contributed by atoms with Gasteiger partial charge in [0.1, 0.15) is 0 Å². The van der Waals surface area contributed by atoms with E-state index in [1.54, 1.807) is 0 Å². The maximum atomic E-state index is 6.14. The van der Waals surface area contributed by atoms with Crippen LogP contribution >= 0.6 is 12.4 Å². The third-order valence-electron chi connectivity index (χ3n) is 4.19. The van der Waals surface area contributed by atoms with E-state index in [0.717, 1.165) is 12.2 Å². The van der Waals surface area contributed by atoms with E-state index in [9.17, 15) is 0 Å². The van der Waals surface area contributed by atoms with Gasteiger partial charge in [0.2, 0.25) is 0 Å². The highest BCUT2D eigenvalue weighted by atomic mass is 35.5. The number of rotatable bonds is 4. The molecule has 0 spiro atoms. The van der Waals surface area contributed by atoms with Crippen LogP contribution in [-0.2, 0) is 6.54 Å². The van der Waals surface area contributed by atoms with Crippen LogP contribution in [0.5, 0.6) is 0 Å². The van der Waals surface area contributed by atoms with Crippen molar-refractivity contribution in [3.05, 3.63) is 17.5 Å². The Bertz CT molecular complexity index is 414. The molecule has 2 N–H and O–H groups in total. The van der Waals surface area contributed by atoms with Gasteiger partial charge >= 0.3 is 0 Å². The predicted molar refractivity (Wildman–Crippen MR) is 86.3 cm³/mol. The SMILES string of the molecule is Cc1nn(C(C)C)cc1CN1CCCCC1C(C)N.Cl. The second kappa shape index (κ2) is 7.43. The molecule has 0 amide bonds. The van der Waals surface area contributed by atoms with Crippen LogP contribution in [-0.4, -0.2) is 33.3 Å². The number of nitrogens with two attached hydrogens (primary N) is 1. The molecule has 0 aromatic carbocycles. The molecular weight excluding hydrogens is 272 g/mol. The Labute approximate surface area is 129 Å². The zero-order valence-electron chi connectivity index (χ0n) is 13.2. The Balaban J connectivity index is 0.00000200. The average Bonchev–Trinajstić information content (AvgIpc) is 2.72. The molecule has 1 aromatic rings. The molecule has 0 bridgehead atoms. The molecule has 0 saturated carbocycles. The van der Waals surface area contributed by atoms with Gasteiger partial charge < -0.3 is 5.73 Å². The first-order chi connectivity index (χ1) is 8.99. The number of hydrogen-bond donors (Lipinski definition) is 1. The molecule has 2 rings (SSSR count). The van der Waals surface area contributed by atoms with Crippen molar-refractivity contribution in [3.8, 4) is 0 Å². The number of aryl methyl sites for hydroxylation is 1. The molecule has 1 saturated heterocycles. The van der Waals surface area contributed by atoms with Gasteiger partial charge in [0, 0.05) is 36.4 Å². The van der Waals surface area contributed by atoms with Crippen molar-refractivity contribution in [1.29, 1.82) is 0 Å². The van der Waals surface area contributed by atoms with E-state index < -0.39 is 0 Å². The summed E-state index contributed by atoms with van der Waals surface area (Å²) in [4.78, 5) is 2.54. The summed E-state index contributed by atoms with van der Waals surface area (Å²) in [7, 11) is 0. The lowest BCUT2D eigenvalue weighted by Crippen LogP contribution is -2.48. The Morgan fingerprint density at radius 2 is 2.05 bits per heavy atom. The van der Waals surface area contributed by atoms with Crippen molar-refractivity contribution in [2.24, 2.45) is 5.73 Å². The molecule has 1 fully saturated rings. The van der Waals surface area contributed by atoms with Gasteiger partial charge in [-0.25, -0.2) is 0 Å². The summed E-state index contributed by atoms with van der Waals surface area (Å²) in [5, 5.41) is 4.60. The third kappa shape index (κ3) is 3.96. The number of aromatic nitrogens is 2. The number of piperidine rings is 1. The van der Waals surface area contributed by atoms with Gasteiger partial charge in [-0.2, -0.15) is 5.10 Å². The Morgan fingerprint density at radius 3 is 2.60 bits per heavy atom. The summed E-state index contributed by atoms with van der Waals surface area (Å²) < 4.78 is 2.06. The molecular formula is C15H29ClN4. The molecule has 5 heteroatoms. The average molecular weight is 301 g/mol. The molecule has 0 aliphatic carbocycles. The summed E-state index contributed by atoms with van der Waals surface area (Å²) in [6.45, 7) is 10.7. The van der Waals surface area contributed by atoms with Crippen molar-refractivity contribution in [2.45, 2.75) is 71.6 Å². The van der Waals surface area contributed by atoms with E-state index in [-0.39, 0.29) is 18.4 Å². The van der Waals surface area contributed by atoms with Crippen LogP contribution in [0.4, 0.5) is 0 Å². The maximum absolute atomic E-state index is 6.14. The van der Waals surface area contributed by atoms with Crippen LogP contribution in [0, 0.1) is 6.92 Å². The lowest BCUT2D eigenvalue weighted by molar-refractivity contribution is 0.122. The van der Waals surface area contributed by atoms with E-state index in [1.165, 1.54) is 31.4 Å². The Hall–Kier alpha value is -0.580. The predicted octanol–water partition coefficient (Wildman–Crippen LogP) is 2.90. The van der Waals surface area contributed by atoms with Crippen molar-refractivity contribution < 1.29 is 0 Å². The molecule has 4 nitrogen and oxygen atoms in total. The molecule has 0 radical (unpaired) electrons. The van der Waals surface area contributed by atoms with Gasteiger partial charge in [-0.3, -0.25) is 9.58 Å². The molecule has 116 valence electrons. The molecule has 20 heavy (non-hydrogen) atoms. The number of hydrogen-bond acceptors (Lipinski definition) is 3. The minimum Gasteiger partial charge on any atom is -0.327 e. The highest BCUT2D eigenvalue weighted by Gasteiger charge is 2.26. The molecule has 2 heterocycles. The first kappa shape index (κ1) is 17.5. The first-order valence-electron chi connectivity index (χ1n) is 7.53. The fraction of sp³-hybridized carbons (Fsp3) is 0.800. The van der Waals surface area contributed by atoms with E-state index in [1.807, 2.05) is 0 Å². The van der Waals surface area contributed by atoms with Gasteiger partial charge in [-0.15, -0.1) is 12.4 Å². The highest BCUT2D eigenvalue weighted by molar-refractivity contribution is 5.85. The zero-order valence-corrected chi connectivity index (χ0v) is 14.0. The summed E-state index contributed by atoms with van der Waals surface area (Å²) >= 11 is 0. The summed E-state index contributed by atoms with van der Waals surface area (Å²) in [6.07, 6.45) is 6.04. The second-order valence-electron chi connectivity index (χ2n) is 6.21. The zero-order chi connectivity index (χ0) is 14.0. The van der Waals surface area contributed by atoms with Crippen LogP contribution in [0.1, 0.15) is 57.3 Å².